The first-order valence-electron chi connectivity index (χ1n) is 8.19. The number of aromatic amines is 1. The van der Waals surface area contributed by atoms with E-state index in [1.165, 1.54) is 15.5 Å². The average Bonchev–Trinajstić information content (AvgIpc) is 2.95. The molecule has 2 aromatic rings. The number of nitrogens with zero attached hydrogens (tertiary/aromatic N) is 3. The molecule has 4 heterocycles. The Balaban J connectivity index is 1.54. The SMILES string of the molecule is CC(C)c1c[nH]c2sc(N3CCN(C4COC4)CC3C)nc12. The molecule has 22 heavy (non-hydrogen) atoms. The molecule has 0 spiro atoms. The van der Waals surface area contributed by atoms with Gasteiger partial charge in [0.15, 0.2) is 5.13 Å². The molecule has 1 atom stereocenters. The van der Waals surface area contributed by atoms with Gasteiger partial charge in [-0.3, -0.25) is 4.90 Å². The fraction of sp³-hybridized carbons (Fsp3) is 0.688. The third-order valence-electron chi connectivity index (χ3n) is 4.91. The molecule has 6 heteroatoms. The summed E-state index contributed by atoms with van der Waals surface area (Å²) >= 11 is 1.79. The van der Waals surface area contributed by atoms with E-state index in [-0.39, 0.29) is 0 Å². The van der Waals surface area contributed by atoms with Crippen LogP contribution < -0.4 is 4.90 Å². The highest BCUT2D eigenvalue weighted by molar-refractivity contribution is 7.21. The minimum absolute atomic E-state index is 0.507. The average molecular weight is 320 g/mol. The van der Waals surface area contributed by atoms with Crippen LogP contribution in [0.1, 0.15) is 32.3 Å². The Bertz CT molecular complexity index is 660. The number of hydrogen-bond donors (Lipinski definition) is 1. The van der Waals surface area contributed by atoms with Crippen LogP contribution in [0.25, 0.3) is 10.3 Å². The number of rotatable bonds is 3. The van der Waals surface area contributed by atoms with E-state index in [4.69, 9.17) is 9.72 Å². The zero-order valence-corrected chi connectivity index (χ0v) is 14.3. The Morgan fingerprint density at radius 1 is 1.36 bits per heavy atom. The predicted octanol–water partition coefficient (Wildman–Crippen LogP) is 2.66. The van der Waals surface area contributed by atoms with Crippen LogP contribution in [0.15, 0.2) is 6.20 Å². The van der Waals surface area contributed by atoms with Crippen molar-refractivity contribution < 1.29 is 4.74 Å². The number of piperazine rings is 1. The van der Waals surface area contributed by atoms with E-state index in [9.17, 15) is 0 Å². The van der Waals surface area contributed by atoms with E-state index in [1.807, 2.05) is 0 Å². The summed E-state index contributed by atoms with van der Waals surface area (Å²) in [5.74, 6) is 0.511. The number of ether oxygens (including phenoxy) is 1. The van der Waals surface area contributed by atoms with Gasteiger partial charge in [-0.1, -0.05) is 25.2 Å². The molecule has 0 aliphatic carbocycles. The van der Waals surface area contributed by atoms with Crippen molar-refractivity contribution in [2.45, 2.75) is 38.8 Å². The number of H-pyrrole nitrogens is 1. The minimum Gasteiger partial charge on any atom is -0.378 e. The van der Waals surface area contributed by atoms with Gasteiger partial charge in [0.1, 0.15) is 10.3 Å². The molecule has 0 amide bonds. The lowest BCUT2D eigenvalue weighted by Crippen LogP contribution is -2.59. The molecule has 2 aromatic heterocycles. The van der Waals surface area contributed by atoms with Crippen LogP contribution in [0.4, 0.5) is 5.13 Å². The predicted molar refractivity (Wildman–Crippen MR) is 91.0 cm³/mol. The van der Waals surface area contributed by atoms with Crippen molar-refractivity contribution in [1.82, 2.24) is 14.9 Å². The molecule has 1 unspecified atom stereocenters. The molecule has 0 aromatic carbocycles. The highest BCUT2D eigenvalue weighted by Crippen LogP contribution is 2.34. The summed E-state index contributed by atoms with van der Waals surface area (Å²) in [5.41, 5.74) is 2.49. The van der Waals surface area contributed by atoms with Crippen molar-refractivity contribution >= 4 is 26.8 Å². The van der Waals surface area contributed by atoms with Gasteiger partial charge in [-0.25, -0.2) is 4.98 Å². The third kappa shape index (κ3) is 2.33. The Hall–Kier alpha value is -1.11. The molecule has 2 aliphatic heterocycles. The second-order valence-electron chi connectivity index (χ2n) is 6.80. The first-order valence-corrected chi connectivity index (χ1v) is 9.01. The number of anilines is 1. The Labute approximate surface area is 135 Å². The summed E-state index contributed by atoms with van der Waals surface area (Å²) in [6.45, 7) is 11.9. The van der Waals surface area contributed by atoms with E-state index >= 15 is 0 Å². The normalized spacial score (nSPS) is 24.4. The van der Waals surface area contributed by atoms with Gasteiger partial charge < -0.3 is 14.6 Å². The molecule has 1 N–H and O–H groups in total. The lowest BCUT2D eigenvalue weighted by molar-refractivity contribution is -0.0691. The monoisotopic (exact) mass is 320 g/mol. The van der Waals surface area contributed by atoms with E-state index in [2.05, 4.69) is 41.8 Å². The van der Waals surface area contributed by atoms with Crippen LogP contribution in [-0.2, 0) is 4.74 Å². The van der Waals surface area contributed by atoms with Crippen LogP contribution in [0.2, 0.25) is 0 Å². The Morgan fingerprint density at radius 3 is 2.82 bits per heavy atom. The van der Waals surface area contributed by atoms with Crippen molar-refractivity contribution in [3.05, 3.63) is 11.8 Å². The second-order valence-corrected chi connectivity index (χ2v) is 7.78. The number of nitrogens with one attached hydrogen (secondary N) is 1. The first-order chi connectivity index (χ1) is 10.6. The van der Waals surface area contributed by atoms with Gasteiger partial charge in [-0.15, -0.1) is 0 Å². The summed E-state index contributed by atoms with van der Waals surface area (Å²) < 4.78 is 5.33. The largest absolute Gasteiger partial charge is 0.378 e. The van der Waals surface area contributed by atoms with Crippen molar-refractivity contribution in [3.8, 4) is 0 Å². The van der Waals surface area contributed by atoms with Crippen molar-refractivity contribution in [1.29, 1.82) is 0 Å². The van der Waals surface area contributed by atoms with Crippen LogP contribution in [-0.4, -0.2) is 59.8 Å². The third-order valence-corrected chi connectivity index (χ3v) is 5.94. The van der Waals surface area contributed by atoms with E-state index < -0.39 is 0 Å². The zero-order valence-electron chi connectivity index (χ0n) is 13.5. The lowest BCUT2D eigenvalue weighted by Gasteiger charge is -2.45. The molecule has 2 saturated heterocycles. The first kappa shape index (κ1) is 14.5. The molecule has 0 radical (unpaired) electrons. The van der Waals surface area contributed by atoms with Gasteiger partial charge >= 0.3 is 0 Å². The summed E-state index contributed by atoms with van der Waals surface area (Å²) in [6, 6.07) is 1.15. The van der Waals surface area contributed by atoms with Gasteiger partial charge in [0, 0.05) is 31.9 Å². The summed E-state index contributed by atoms with van der Waals surface area (Å²) in [6.07, 6.45) is 2.11. The minimum atomic E-state index is 0.507. The highest BCUT2D eigenvalue weighted by atomic mass is 32.1. The van der Waals surface area contributed by atoms with Crippen LogP contribution >= 0.6 is 11.3 Å². The molecule has 120 valence electrons. The van der Waals surface area contributed by atoms with Gasteiger partial charge in [0.25, 0.3) is 0 Å². The molecule has 4 rings (SSSR count). The molecule has 0 saturated carbocycles. The molecular formula is C16H24N4OS. The van der Waals surface area contributed by atoms with Crippen molar-refractivity contribution in [2.24, 2.45) is 0 Å². The summed E-state index contributed by atoms with van der Waals surface area (Å²) in [5, 5.41) is 1.17. The van der Waals surface area contributed by atoms with Crippen molar-refractivity contribution in [2.75, 3.05) is 37.7 Å². The maximum atomic E-state index is 5.33. The quantitative estimate of drug-likeness (QED) is 0.944. The molecule has 2 aliphatic rings. The lowest BCUT2D eigenvalue weighted by atomic mass is 10.1. The maximum absolute atomic E-state index is 5.33. The van der Waals surface area contributed by atoms with Crippen LogP contribution in [0, 0.1) is 0 Å². The smallest absolute Gasteiger partial charge is 0.188 e. The fourth-order valence-electron chi connectivity index (χ4n) is 3.41. The molecule has 2 fully saturated rings. The van der Waals surface area contributed by atoms with Crippen molar-refractivity contribution in [3.63, 3.8) is 0 Å². The van der Waals surface area contributed by atoms with Gasteiger partial charge in [-0.05, 0) is 18.4 Å². The van der Waals surface area contributed by atoms with E-state index in [0.717, 1.165) is 38.4 Å². The number of thiazole rings is 1. The molecule has 0 bridgehead atoms. The topological polar surface area (TPSA) is 44.4 Å². The Morgan fingerprint density at radius 2 is 2.18 bits per heavy atom. The second kappa shape index (κ2) is 5.51. The van der Waals surface area contributed by atoms with Crippen LogP contribution in [0.5, 0.6) is 0 Å². The van der Waals surface area contributed by atoms with E-state index in [1.54, 1.807) is 11.3 Å². The zero-order chi connectivity index (χ0) is 15.3. The number of hydrogen-bond acceptors (Lipinski definition) is 5. The van der Waals surface area contributed by atoms with Gasteiger partial charge in [-0.2, -0.15) is 0 Å². The summed E-state index contributed by atoms with van der Waals surface area (Å²) in [7, 11) is 0. The maximum Gasteiger partial charge on any atom is 0.188 e. The van der Waals surface area contributed by atoms with Gasteiger partial charge in [0.05, 0.1) is 19.3 Å². The van der Waals surface area contributed by atoms with Gasteiger partial charge in [0.2, 0.25) is 0 Å². The summed E-state index contributed by atoms with van der Waals surface area (Å²) in [4.78, 5) is 14.6. The van der Waals surface area contributed by atoms with Crippen LogP contribution in [0.3, 0.4) is 0 Å². The number of fused-ring (bicyclic) bond motifs is 1. The Kier molecular flexibility index (Phi) is 3.63. The highest BCUT2D eigenvalue weighted by Gasteiger charge is 2.33. The fourth-order valence-corrected chi connectivity index (χ4v) is 4.50. The number of aromatic nitrogens is 2. The standard InChI is InChI=1S/C16H24N4OS/c1-10(2)13-6-17-15-14(13)18-16(22-15)20-5-4-19(7-11(20)3)12-8-21-9-12/h6,10-12,17H,4-5,7-9H2,1-3H3. The van der Waals surface area contributed by atoms with E-state index in [0.29, 0.717) is 18.0 Å². The molecule has 5 nitrogen and oxygen atoms in total. The molecular weight excluding hydrogens is 296 g/mol.